The number of unbranched alkanes of at least 4 members (excludes halogenated alkanes) is 1. The Labute approximate surface area is 104 Å². The summed E-state index contributed by atoms with van der Waals surface area (Å²) in [5, 5.41) is 3.15. The smallest absolute Gasteiger partial charge is 0.267 e. The van der Waals surface area contributed by atoms with Crippen LogP contribution in [0.1, 0.15) is 33.1 Å². The fraction of sp³-hybridized carbons (Fsp3) is 0.636. The van der Waals surface area contributed by atoms with E-state index in [1.807, 2.05) is 0 Å². The van der Waals surface area contributed by atoms with Crippen LogP contribution in [0, 0.1) is 5.92 Å². The van der Waals surface area contributed by atoms with Crippen molar-refractivity contribution in [2.45, 2.75) is 33.1 Å². The van der Waals surface area contributed by atoms with Gasteiger partial charge in [-0.1, -0.05) is 26.7 Å². The van der Waals surface area contributed by atoms with Crippen LogP contribution < -0.4 is 10.9 Å². The number of rotatable bonds is 6. The van der Waals surface area contributed by atoms with Crippen molar-refractivity contribution in [3.8, 4) is 0 Å². The quantitative estimate of drug-likeness (QED) is 0.791. The Kier molecular flexibility index (Phi) is 5.52. The Balaban J connectivity index is 2.32. The SMILES string of the molecule is CC(C)CCCCNc1nc[nH]c(=O)c1Br. The van der Waals surface area contributed by atoms with Crippen molar-refractivity contribution in [1.29, 1.82) is 0 Å². The van der Waals surface area contributed by atoms with Crippen molar-refractivity contribution in [1.82, 2.24) is 9.97 Å². The molecule has 0 aliphatic heterocycles. The number of nitrogens with one attached hydrogen (secondary N) is 2. The Morgan fingerprint density at radius 3 is 2.94 bits per heavy atom. The van der Waals surface area contributed by atoms with E-state index in [4.69, 9.17) is 0 Å². The molecule has 4 nitrogen and oxygen atoms in total. The third-order valence-corrected chi connectivity index (χ3v) is 3.03. The van der Waals surface area contributed by atoms with Crippen molar-refractivity contribution >= 4 is 21.7 Å². The van der Waals surface area contributed by atoms with Crippen LogP contribution in [-0.4, -0.2) is 16.5 Å². The molecule has 0 spiro atoms. The lowest BCUT2D eigenvalue weighted by atomic mass is 10.1. The highest BCUT2D eigenvalue weighted by Crippen LogP contribution is 2.13. The zero-order valence-electron chi connectivity index (χ0n) is 9.72. The number of anilines is 1. The second-order valence-electron chi connectivity index (χ2n) is 4.21. The minimum Gasteiger partial charge on any atom is -0.369 e. The summed E-state index contributed by atoms with van der Waals surface area (Å²) >= 11 is 3.20. The Hall–Kier alpha value is -0.840. The van der Waals surface area contributed by atoms with Gasteiger partial charge in [-0.2, -0.15) is 0 Å². The minimum absolute atomic E-state index is 0.153. The van der Waals surface area contributed by atoms with Gasteiger partial charge in [0.15, 0.2) is 0 Å². The lowest BCUT2D eigenvalue weighted by Gasteiger charge is -2.07. The predicted molar refractivity (Wildman–Crippen MR) is 69.7 cm³/mol. The van der Waals surface area contributed by atoms with E-state index >= 15 is 0 Å². The summed E-state index contributed by atoms with van der Waals surface area (Å²) in [6.45, 7) is 5.30. The summed E-state index contributed by atoms with van der Waals surface area (Å²) in [5.41, 5.74) is -0.153. The third-order valence-electron chi connectivity index (χ3n) is 2.30. The van der Waals surface area contributed by atoms with Crippen molar-refractivity contribution < 1.29 is 0 Å². The maximum atomic E-state index is 11.2. The molecule has 1 rings (SSSR count). The highest BCUT2D eigenvalue weighted by molar-refractivity contribution is 9.10. The highest BCUT2D eigenvalue weighted by Gasteiger charge is 2.03. The van der Waals surface area contributed by atoms with Gasteiger partial charge in [0.05, 0.1) is 6.33 Å². The number of H-pyrrole nitrogens is 1. The van der Waals surface area contributed by atoms with E-state index < -0.39 is 0 Å². The van der Waals surface area contributed by atoms with Gasteiger partial charge in [-0.15, -0.1) is 0 Å². The first-order valence-corrected chi connectivity index (χ1v) is 6.37. The van der Waals surface area contributed by atoms with Crippen LogP contribution in [0.5, 0.6) is 0 Å². The minimum atomic E-state index is -0.153. The van der Waals surface area contributed by atoms with Crippen LogP contribution >= 0.6 is 15.9 Å². The number of aromatic nitrogens is 2. The first kappa shape index (κ1) is 13.2. The number of halogens is 1. The van der Waals surface area contributed by atoms with E-state index in [1.54, 1.807) is 0 Å². The molecule has 0 bridgehead atoms. The third kappa shape index (κ3) is 4.35. The molecule has 0 aliphatic carbocycles. The summed E-state index contributed by atoms with van der Waals surface area (Å²) in [5.74, 6) is 1.37. The van der Waals surface area contributed by atoms with Gasteiger partial charge in [0.25, 0.3) is 5.56 Å². The largest absolute Gasteiger partial charge is 0.369 e. The van der Waals surface area contributed by atoms with E-state index in [2.05, 4.69) is 45.1 Å². The zero-order valence-corrected chi connectivity index (χ0v) is 11.3. The molecule has 0 aliphatic rings. The molecule has 16 heavy (non-hydrogen) atoms. The first-order chi connectivity index (χ1) is 7.61. The van der Waals surface area contributed by atoms with Gasteiger partial charge in [0.2, 0.25) is 0 Å². The van der Waals surface area contributed by atoms with Crippen LogP contribution in [0.2, 0.25) is 0 Å². The second kappa shape index (κ2) is 6.68. The summed E-state index contributed by atoms with van der Waals surface area (Å²) in [4.78, 5) is 17.8. The number of aromatic amines is 1. The van der Waals surface area contributed by atoms with Gasteiger partial charge >= 0.3 is 0 Å². The highest BCUT2D eigenvalue weighted by atomic mass is 79.9. The van der Waals surface area contributed by atoms with Crippen LogP contribution in [0.15, 0.2) is 15.6 Å². The Bertz CT molecular complexity index is 376. The fourth-order valence-corrected chi connectivity index (χ4v) is 1.75. The molecule has 1 heterocycles. The molecule has 0 radical (unpaired) electrons. The van der Waals surface area contributed by atoms with Crippen LogP contribution in [0.25, 0.3) is 0 Å². The molecule has 0 saturated heterocycles. The topological polar surface area (TPSA) is 57.8 Å². The van der Waals surface area contributed by atoms with E-state index in [-0.39, 0.29) is 5.56 Å². The lowest BCUT2D eigenvalue weighted by molar-refractivity contribution is 0.544. The standard InChI is InChI=1S/C11H18BrN3O/c1-8(2)5-3-4-6-13-10-9(12)11(16)15-7-14-10/h7-8H,3-6H2,1-2H3,(H2,13,14,15,16). The van der Waals surface area contributed by atoms with E-state index in [0.717, 1.165) is 18.9 Å². The molecule has 1 aromatic heterocycles. The number of nitrogens with zero attached hydrogens (tertiary/aromatic N) is 1. The summed E-state index contributed by atoms with van der Waals surface area (Å²) in [7, 11) is 0. The second-order valence-corrected chi connectivity index (χ2v) is 5.00. The Morgan fingerprint density at radius 1 is 1.50 bits per heavy atom. The average Bonchev–Trinajstić information content (AvgIpc) is 2.23. The van der Waals surface area contributed by atoms with Crippen LogP contribution in [-0.2, 0) is 0 Å². The molecule has 2 N–H and O–H groups in total. The van der Waals surface area contributed by atoms with Crippen LogP contribution in [0.3, 0.4) is 0 Å². The van der Waals surface area contributed by atoms with Crippen LogP contribution in [0.4, 0.5) is 5.82 Å². The fourth-order valence-electron chi connectivity index (χ4n) is 1.39. The van der Waals surface area contributed by atoms with Gasteiger partial charge in [-0.3, -0.25) is 4.79 Å². The molecular weight excluding hydrogens is 270 g/mol. The summed E-state index contributed by atoms with van der Waals surface area (Å²) < 4.78 is 0.471. The predicted octanol–water partition coefficient (Wildman–Crippen LogP) is 2.77. The first-order valence-electron chi connectivity index (χ1n) is 5.58. The number of hydrogen-bond donors (Lipinski definition) is 2. The van der Waals surface area contributed by atoms with Crippen molar-refractivity contribution in [3.05, 3.63) is 21.2 Å². The van der Waals surface area contributed by atoms with E-state index in [9.17, 15) is 4.79 Å². The molecular formula is C11H18BrN3O. The van der Waals surface area contributed by atoms with Crippen molar-refractivity contribution in [2.24, 2.45) is 5.92 Å². The lowest BCUT2D eigenvalue weighted by Crippen LogP contribution is -2.12. The molecule has 0 aromatic carbocycles. The summed E-state index contributed by atoms with van der Waals surface area (Å²) in [6.07, 6.45) is 4.94. The van der Waals surface area contributed by atoms with E-state index in [0.29, 0.717) is 10.3 Å². The van der Waals surface area contributed by atoms with Crippen molar-refractivity contribution in [2.75, 3.05) is 11.9 Å². The Morgan fingerprint density at radius 2 is 2.25 bits per heavy atom. The van der Waals surface area contributed by atoms with Gasteiger partial charge in [0.1, 0.15) is 10.3 Å². The average molecular weight is 288 g/mol. The van der Waals surface area contributed by atoms with Crippen molar-refractivity contribution in [3.63, 3.8) is 0 Å². The molecule has 0 atom stereocenters. The van der Waals surface area contributed by atoms with Gasteiger partial charge in [0, 0.05) is 6.54 Å². The van der Waals surface area contributed by atoms with Gasteiger partial charge < -0.3 is 10.3 Å². The maximum Gasteiger partial charge on any atom is 0.267 e. The molecule has 0 fully saturated rings. The van der Waals surface area contributed by atoms with Gasteiger partial charge in [-0.25, -0.2) is 4.98 Å². The molecule has 90 valence electrons. The summed E-state index contributed by atoms with van der Waals surface area (Å²) in [6, 6.07) is 0. The molecule has 0 amide bonds. The van der Waals surface area contributed by atoms with E-state index in [1.165, 1.54) is 19.2 Å². The normalized spacial score (nSPS) is 10.8. The zero-order chi connectivity index (χ0) is 12.0. The molecule has 1 aromatic rings. The monoisotopic (exact) mass is 287 g/mol. The number of hydrogen-bond acceptors (Lipinski definition) is 3. The molecule has 5 heteroatoms. The molecule has 0 unspecified atom stereocenters. The van der Waals surface area contributed by atoms with Gasteiger partial charge in [-0.05, 0) is 28.3 Å². The molecule has 0 saturated carbocycles. The maximum absolute atomic E-state index is 11.2.